The highest BCUT2D eigenvalue weighted by Crippen LogP contribution is 2.27. The molecule has 0 aliphatic rings. The van der Waals surface area contributed by atoms with E-state index >= 15 is 0 Å². The van der Waals surface area contributed by atoms with Crippen LogP contribution in [0.4, 0.5) is 0 Å². The summed E-state index contributed by atoms with van der Waals surface area (Å²) in [6.07, 6.45) is 1.09. The Bertz CT molecular complexity index is 445. The number of aliphatic hydroxyl groups is 1. The van der Waals surface area contributed by atoms with Gasteiger partial charge in [0, 0.05) is 5.92 Å². The molecule has 1 N–H and O–H groups in total. The second-order valence-electron chi connectivity index (χ2n) is 4.27. The first kappa shape index (κ1) is 11.9. The number of benzene rings is 2. The third kappa shape index (κ3) is 2.75. The Balaban J connectivity index is 2.29. The van der Waals surface area contributed by atoms with E-state index in [2.05, 4.69) is 43.3 Å². The van der Waals surface area contributed by atoms with Gasteiger partial charge in [0.15, 0.2) is 0 Å². The van der Waals surface area contributed by atoms with Gasteiger partial charge in [-0.15, -0.1) is 0 Å². The van der Waals surface area contributed by atoms with Crippen molar-refractivity contribution < 1.29 is 5.11 Å². The molecule has 0 amide bonds. The molecule has 2 aromatic carbocycles. The maximum absolute atomic E-state index is 9.04. The van der Waals surface area contributed by atoms with Crippen LogP contribution in [0.15, 0.2) is 54.6 Å². The molecule has 0 unspecified atom stereocenters. The average Bonchev–Trinajstić information content (AvgIpc) is 2.42. The van der Waals surface area contributed by atoms with Crippen LogP contribution in [0.3, 0.4) is 0 Å². The van der Waals surface area contributed by atoms with Crippen molar-refractivity contribution in [3.63, 3.8) is 0 Å². The molecule has 1 atom stereocenters. The molecule has 0 heterocycles. The van der Waals surface area contributed by atoms with Crippen molar-refractivity contribution in [3.8, 4) is 0 Å². The summed E-state index contributed by atoms with van der Waals surface area (Å²) >= 11 is 0. The molecule has 0 spiro atoms. The summed E-state index contributed by atoms with van der Waals surface area (Å²) in [7, 11) is 0. The summed E-state index contributed by atoms with van der Waals surface area (Å²) in [5.41, 5.74) is 3.64. The predicted octanol–water partition coefficient (Wildman–Crippen LogP) is 3.72. The SMILES string of the molecule is CC[C@H](c1ccccc1)c1ccc(CO)cc1. The van der Waals surface area contributed by atoms with Crippen LogP contribution in [0.1, 0.15) is 36.0 Å². The van der Waals surface area contributed by atoms with E-state index in [4.69, 9.17) is 5.11 Å². The first-order valence-electron chi connectivity index (χ1n) is 6.09. The summed E-state index contributed by atoms with van der Waals surface area (Å²) < 4.78 is 0. The lowest BCUT2D eigenvalue weighted by molar-refractivity contribution is 0.282. The molecular formula is C16H18O. The maximum Gasteiger partial charge on any atom is 0.0681 e. The van der Waals surface area contributed by atoms with Crippen LogP contribution >= 0.6 is 0 Å². The lowest BCUT2D eigenvalue weighted by Crippen LogP contribution is -1.99. The van der Waals surface area contributed by atoms with Gasteiger partial charge in [0.2, 0.25) is 0 Å². The minimum atomic E-state index is 0.114. The van der Waals surface area contributed by atoms with E-state index < -0.39 is 0 Å². The summed E-state index contributed by atoms with van der Waals surface area (Å²) in [5.74, 6) is 0.448. The third-order valence-electron chi connectivity index (χ3n) is 3.17. The highest BCUT2D eigenvalue weighted by Gasteiger charge is 2.11. The van der Waals surface area contributed by atoms with Gasteiger partial charge in [-0.05, 0) is 23.1 Å². The first-order chi connectivity index (χ1) is 8.35. The van der Waals surface area contributed by atoms with Crippen molar-refractivity contribution in [2.45, 2.75) is 25.9 Å². The molecular weight excluding hydrogens is 208 g/mol. The quantitative estimate of drug-likeness (QED) is 0.842. The summed E-state index contributed by atoms with van der Waals surface area (Å²) in [4.78, 5) is 0. The van der Waals surface area contributed by atoms with E-state index in [1.165, 1.54) is 11.1 Å². The fourth-order valence-corrected chi connectivity index (χ4v) is 2.20. The van der Waals surface area contributed by atoms with Gasteiger partial charge >= 0.3 is 0 Å². The van der Waals surface area contributed by atoms with E-state index in [9.17, 15) is 0 Å². The fraction of sp³-hybridized carbons (Fsp3) is 0.250. The van der Waals surface area contributed by atoms with E-state index in [0.717, 1.165) is 12.0 Å². The monoisotopic (exact) mass is 226 g/mol. The van der Waals surface area contributed by atoms with Gasteiger partial charge < -0.3 is 5.11 Å². The van der Waals surface area contributed by atoms with Crippen LogP contribution in [0.5, 0.6) is 0 Å². The van der Waals surface area contributed by atoms with Gasteiger partial charge in [-0.25, -0.2) is 0 Å². The normalized spacial score (nSPS) is 12.4. The topological polar surface area (TPSA) is 20.2 Å². The zero-order chi connectivity index (χ0) is 12.1. The zero-order valence-corrected chi connectivity index (χ0v) is 10.1. The molecule has 0 saturated heterocycles. The van der Waals surface area contributed by atoms with Crippen LogP contribution < -0.4 is 0 Å². The third-order valence-corrected chi connectivity index (χ3v) is 3.17. The molecule has 2 aromatic rings. The summed E-state index contributed by atoms with van der Waals surface area (Å²) in [6, 6.07) is 18.8. The molecule has 0 fully saturated rings. The summed E-state index contributed by atoms with van der Waals surface area (Å²) in [5, 5.41) is 9.04. The molecule has 2 rings (SSSR count). The van der Waals surface area contributed by atoms with Crippen LogP contribution in [0.2, 0.25) is 0 Å². The molecule has 1 heteroatoms. The largest absolute Gasteiger partial charge is 0.392 e. The van der Waals surface area contributed by atoms with Crippen LogP contribution in [0.25, 0.3) is 0 Å². The van der Waals surface area contributed by atoms with Crippen LogP contribution in [0, 0.1) is 0 Å². The molecule has 0 aliphatic carbocycles. The number of aliphatic hydroxyl groups excluding tert-OH is 1. The lowest BCUT2D eigenvalue weighted by atomic mass is 9.89. The van der Waals surface area contributed by atoms with E-state index in [0.29, 0.717) is 5.92 Å². The first-order valence-corrected chi connectivity index (χ1v) is 6.09. The zero-order valence-electron chi connectivity index (χ0n) is 10.1. The second kappa shape index (κ2) is 5.65. The Hall–Kier alpha value is -1.60. The Kier molecular flexibility index (Phi) is 3.94. The van der Waals surface area contributed by atoms with Crippen LogP contribution in [-0.2, 0) is 6.61 Å². The molecule has 0 radical (unpaired) electrons. The highest BCUT2D eigenvalue weighted by molar-refractivity contribution is 5.33. The molecule has 0 bridgehead atoms. The number of hydrogen-bond donors (Lipinski definition) is 1. The van der Waals surface area contributed by atoms with Gasteiger partial charge in [0.25, 0.3) is 0 Å². The lowest BCUT2D eigenvalue weighted by Gasteiger charge is -2.16. The molecule has 17 heavy (non-hydrogen) atoms. The van der Waals surface area contributed by atoms with Gasteiger partial charge in [-0.1, -0.05) is 61.5 Å². The highest BCUT2D eigenvalue weighted by atomic mass is 16.3. The van der Waals surface area contributed by atoms with Crippen molar-refractivity contribution in [2.75, 3.05) is 0 Å². The van der Waals surface area contributed by atoms with Crippen LogP contribution in [-0.4, -0.2) is 5.11 Å². The second-order valence-corrected chi connectivity index (χ2v) is 4.27. The minimum Gasteiger partial charge on any atom is -0.392 e. The van der Waals surface area contributed by atoms with Crippen molar-refractivity contribution in [2.24, 2.45) is 0 Å². The minimum absolute atomic E-state index is 0.114. The molecule has 0 saturated carbocycles. The Morgan fingerprint density at radius 1 is 0.882 bits per heavy atom. The van der Waals surface area contributed by atoms with E-state index in [1.807, 2.05) is 18.2 Å². The van der Waals surface area contributed by atoms with E-state index in [1.54, 1.807) is 0 Å². The molecule has 1 nitrogen and oxygen atoms in total. The van der Waals surface area contributed by atoms with Crippen molar-refractivity contribution in [1.82, 2.24) is 0 Å². The molecule has 88 valence electrons. The maximum atomic E-state index is 9.04. The smallest absolute Gasteiger partial charge is 0.0681 e. The number of rotatable bonds is 4. The van der Waals surface area contributed by atoms with Gasteiger partial charge in [-0.2, -0.15) is 0 Å². The van der Waals surface area contributed by atoms with Crippen molar-refractivity contribution in [3.05, 3.63) is 71.3 Å². The fourth-order valence-electron chi connectivity index (χ4n) is 2.20. The van der Waals surface area contributed by atoms with Gasteiger partial charge in [-0.3, -0.25) is 0 Å². The van der Waals surface area contributed by atoms with Crippen molar-refractivity contribution >= 4 is 0 Å². The average molecular weight is 226 g/mol. The molecule has 0 aromatic heterocycles. The van der Waals surface area contributed by atoms with Crippen molar-refractivity contribution in [1.29, 1.82) is 0 Å². The standard InChI is InChI=1S/C16H18O/c1-2-16(14-6-4-3-5-7-14)15-10-8-13(12-17)9-11-15/h3-11,16-17H,2,12H2,1H3/t16-/m1/s1. The Morgan fingerprint density at radius 2 is 1.47 bits per heavy atom. The molecule has 0 aliphatic heterocycles. The number of hydrogen-bond acceptors (Lipinski definition) is 1. The Morgan fingerprint density at radius 3 is 2.00 bits per heavy atom. The van der Waals surface area contributed by atoms with E-state index in [-0.39, 0.29) is 6.61 Å². The predicted molar refractivity (Wildman–Crippen MR) is 70.9 cm³/mol. The summed E-state index contributed by atoms with van der Waals surface area (Å²) in [6.45, 7) is 2.32. The van der Waals surface area contributed by atoms with Gasteiger partial charge in [0.05, 0.1) is 6.61 Å². The Labute approximate surface area is 103 Å². The van der Waals surface area contributed by atoms with Gasteiger partial charge in [0.1, 0.15) is 0 Å².